The van der Waals surface area contributed by atoms with Crippen LogP contribution in [0.3, 0.4) is 0 Å². The quantitative estimate of drug-likeness (QED) is 0.138. The van der Waals surface area contributed by atoms with E-state index in [1.54, 1.807) is 0 Å². The molecule has 28 heavy (non-hydrogen) atoms. The van der Waals surface area contributed by atoms with Crippen LogP contribution in [0, 0.1) is 0 Å². The number of unbranched alkanes of at least 4 members (excludes halogenated alkanes) is 13. The van der Waals surface area contributed by atoms with Crippen LogP contribution in [0.4, 0.5) is 0 Å². The number of nitrogens with zero attached hydrogens (tertiary/aromatic N) is 1. The van der Waals surface area contributed by atoms with Crippen LogP contribution in [-0.4, -0.2) is 44.0 Å². The Bertz CT molecular complexity index is 266. The lowest BCUT2D eigenvalue weighted by Gasteiger charge is -2.16. The first-order valence-corrected chi connectivity index (χ1v) is 12.1. The van der Waals surface area contributed by atoms with Crippen molar-refractivity contribution in [3.8, 4) is 0 Å². The number of rotatable bonds is 21. The molecule has 0 radical (unpaired) electrons. The number of nitrogens with one attached hydrogen (secondary N) is 1. The third-order valence-electron chi connectivity index (χ3n) is 5.36. The summed E-state index contributed by atoms with van der Waals surface area (Å²) < 4.78 is 0. The average molecular weight is 462 g/mol. The van der Waals surface area contributed by atoms with Crippen molar-refractivity contribution in [1.29, 1.82) is 0 Å². The summed E-state index contributed by atoms with van der Waals surface area (Å²) in [6.45, 7) is 5.73. The molecule has 0 fully saturated rings. The summed E-state index contributed by atoms with van der Waals surface area (Å²) in [6.07, 6.45) is 22.4. The zero-order valence-corrected chi connectivity index (χ0v) is 21.5. The highest BCUT2D eigenvalue weighted by molar-refractivity contribution is 6.20. The molecule has 2 nitrogen and oxygen atoms in total. The molecule has 0 saturated heterocycles. The van der Waals surface area contributed by atoms with Crippen molar-refractivity contribution in [3.05, 3.63) is 0 Å². The number of halogens is 3. The second-order valence-electron chi connectivity index (χ2n) is 8.28. The van der Waals surface area contributed by atoms with E-state index in [1.165, 1.54) is 116 Å². The Kier molecular flexibility index (Phi) is 33.2. The van der Waals surface area contributed by atoms with Gasteiger partial charge in [0.1, 0.15) is 0 Å². The first kappa shape index (κ1) is 33.4. The maximum absolute atomic E-state index is 5.99. The van der Waals surface area contributed by atoms with Crippen LogP contribution in [0.15, 0.2) is 0 Å². The van der Waals surface area contributed by atoms with E-state index in [4.69, 9.17) is 11.6 Å². The molecule has 0 aromatic rings. The van der Waals surface area contributed by atoms with E-state index < -0.39 is 0 Å². The second-order valence-corrected chi connectivity index (χ2v) is 9.02. The third-order valence-corrected chi connectivity index (χ3v) is 5.58. The van der Waals surface area contributed by atoms with Gasteiger partial charge in [-0.15, -0.1) is 36.4 Å². The van der Waals surface area contributed by atoms with Gasteiger partial charge in [0.05, 0.1) is 0 Å². The maximum atomic E-state index is 5.99. The fraction of sp³-hybridized carbons (Fsp3) is 1.00. The molecule has 1 atom stereocenters. The summed E-state index contributed by atoms with van der Waals surface area (Å²) in [5.74, 6) is 0. The molecule has 0 bridgehead atoms. The molecule has 1 unspecified atom stereocenters. The van der Waals surface area contributed by atoms with Gasteiger partial charge in [-0.25, -0.2) is 0 Å². The fourth-order valence-corrected chi connectivity index (χ4v) is 3.71. The highest BCUT2D eigenvalue weighted by atomic mass is 35.5. The van der Waals surface area contributed by atoms with Crippen LogP contribution in [0.1, 0.15) is 110 Å². The van der Waals surface area contributed by atoms with Crippen molar-refractivity contribution < 1.29 is 0 Å². The van der Waals surface area contributed by atoms with E-state index in [2.05, 4.69) is 24.2 Å². The highest BCUT2D eigenvalue weighted by Gasteiger charge is 2.01. The summed E-state index contributed by atoms with van der Waals surface area (Å²) in [7, 11) is 4.30. The predicted octanol–water partition coefficient (Wildman–Crippen LogP) is 7.85. The lowest BCUT2D eigenvalue weighted by molar-refractivity contribution is 0.316. The van der Waals surface area contributed by atoms with Crippen LogP contribution in [0.2, 0.25) is 0 Å². The Labute approximate surface area is 195 Å². The van der Waals surface area contributed by atoms with E-state index >= 15 is 0 Å². The number of hydrogen-bond donors (Lipinski definition) is 1. The average Bonchev–Trinajstić information content (AvgIpc) is 2.61. The minimum absolute atomic E-state index is 0. The zero-order chi connectivity index (χ0) is 19.3. The van der Waals surface area contributed by atoms with Gasteiger partial charge in [0, 0.05) is 5.38 Å². The summed E-state index contributed by atoms with van der Waals surface area (Å²) in [5, 5.41) is 3.55. The molecule has 0 spiro atoms. The largest absolute Gasteiger partial charge is 0.320 e. The van der Waals surface area contributed by atoms with Crippen LogP contribution >= 0.6 is 36.4 Å². The maximum Gasteiger partial charge on any atom is 0.0308 e. The molecule has 0 saturated carbocycles. The van der Waals surface area contributed by atoms with Crippen molar-refractivity contribution in [2.45, 2.75) is 115 Å². The first-order chi connectivity index (χ1) is 12.7. The van der Waals surface area contributed by atoms with Gasteiger partial charge in [-0.1, -0.05) is 77.0 Å². The molecule has 0 amide bonds. The molecule has 0 aliphatic rings. The van der Waals surface area contributed by atoms with Crippen LogP contribution in [0.25, 0.3) is 0 Å². The van der Waals surface area contributed by atoms with Gasteiger partial charge in [0.15, 0.2) is 0 Å². The molecule has 0 aromatic carbocycles. The van der Waals surface area contributed by atoms with Crippen molar-refractivity contribution in [1.82, 2.24) is 10.2 Å². The summed E-state index contributed by atoms with van der Waals surface area (Å²) in [5.41, 5.74) is 0. The van der Waals surface area contributed by atoms with E-state index in [-0.39, 0.29) is 24.8 Å². The van der Waals surface area contributed by atoms with Crippen molar-refractivity contribution >= 4 is 36.4 Å². The summed E-state index contributed by atoms with van der Waals surface area (Å²) in [4.78, 5) is 2.47. The monoisotopic (exact) mass is 460 g/mol. The third kappa shape index (κ3) is 29.0. The molecule has 0 aliphatic carbocycles. The molecule has 0 aromatic heterocycles. The molecule has 0 heterocycles. The minimum atomic E-state index is 0. The first-order valence-electron chi connectivity index (χ1n) is 11.6. The molecule has 5 heteroatoms. The van der Waals surface area contributed by atoms with Gasteiger partial charge in [-0.3, -0.25) is 0 Å². The molecule has 174 valence electrons. The number of hydrogen-bond acceptors (Lipinski definition) is 2. The van der Waals surface area contributed by atoms with E-state index in [9.17, 15) is 0 Å². The Morgan fingerprint density at radius 1 is 0.643 bits per heavy atom. The SMILES string of the molecule is CNCCCCCCCCCCCCCCCCN(C)CCCC(C)Cl.Cl.Cl. The summed E-state index contributed by atoms with van der Waals surface area (Å²) in [6, 6.07) is 0. The predicted molar refractivity (Wildman–Crippen MR) is 135 cm³/mol. The van der Waals surface area contributed by atoms with Crippen LogP contribution in [-0.2, 0) is 0 Å². The Morgan fingerprint density at radius 3 is 1.39 bits per heavy atom. The Morgan fingerprint density at radius 2 is 1.00 bits per heavy atom. The van der Waals surface area contributed by atoms with Crippen molar-refractivity contribution in [2.75, 3.05) is 33.7 Å². The van der Waals surface area contributed by atoms with Gasteiger partial charge in [-0.05, 0) is 66.3 Å². The fourth-order valence-electron chi connectivity index (χ4n) is 3.56. The lowest BCUT2D eigenvalue weighted by atomic mass is 10.0. The summed E-state index contributed by atoms with van der Waals surface area (Å²) >= 11 is 5.99. The van der Waals surface area contributed by atoms with E-state index in [0.717, 1.165) is 6.42 Å². The topological polar surface area (TPSA) is 15.3 Å². The van der Waals surface area contributed by atoms with Gasteiger partial charge in [-0.2, -0.15) is 0 Å². The van der Waals surface area contributed by atoms with Crippen LogP contribution in [0.5, 0.6) is 0 Å². The van der Waals surface area contributed by atoms with Gasteiger partial charge in [0.2, 0.25) is 0 Å². The molecule has 0 aliphatic heterocycles. The van der Waals surface area contributed by atoms with E-state index in [1.807, 2.05) is 7.05 Å². The highest BCUT2D eigenvalue weighted by Crippen LogP contribution is 2.13. The smallest absolute Gasteiger partial charge is 0.0308 e. The second kappa shape index (κ2) is 27.8. The van der Waals surface area contributed by atoms with Crippen LogP contribution < -0.4 is 5.32 Å². The van der Waals surface area contributed by atoms with Gasteiger partial charge >= 0.3 is 0 Å². The molecular weight excluding hydrogens is 411 g/mol. The molecule has 0 rings (SSSR count). The van der Waals surface area contributed by atoms with Crippen molar-refractivity contribution in [2.24, 2.45) is 0 Å². The normalized spacial score (nSPS) is 11.9. The van der Waals surface area contributed by atoms with Gasteiger partial charge in [0.25, 0.3) is 0 Å². The minimum Gasteiger partial charge on any atom is -0.320 e. The lowest BCUT2D eigenvalue weighted by Crippen LogP contribution is -2.21. The Hall–Kier alpha value is 0.790. The number of alkyl halides is 1. The molecule has 1 N–H and O–H groups in total. The van der Waals surface area contributed by atoms with Crippen molar-refractivity contribution in [3.63, 3.8) is 0 Å². The van der Waals surface area contributed by atoms with Gasteiger partial charge < -0.3 is 10.2 Å². The zero-order valence-electron chi connectivity index (χ0n) is 19.2. The van der Waals surface area contributed by atoms with E-state index in [0.29, 0.717) is 5.38 Å². The molecular formula is C23H51Cl3N2. The Balaban J connectivity index is -0.00000312. The standard InChI is InChI=1S/C23H49ClN2.2ClH/c1-23(24)19-18-22-26(3)21-17-15-13-11-9-7-5-4-6-8-10-12-14-16-20-25-2;;/h23,25H,4-22H2,1-3H3;2*1H.